The van der Waals surface area contributed by atoms with Crippen LogP contribution in [0.5, 0.6) is 0 Å². The average molecular weight is 421 g/mol. The van der Waals surface area contributed by atoms with E-state index in [0.29, 0.717) is 6.54 Å². The normalized spacial score (nSPS) is 14.5. The Morgan fingerprint density at radius 2 is 1.75 bits per heavy atom. The van der Waals surface area contributed by atoms with Crippen molar-refractivity contribution in [2.75, 3.05) is 26.2 Å². The number of hydrogen-bond donors (Lipinski definition) is 1. The Bertz CT molecular complexity index is 704. The number of thioether (sulfide) groups is 1. The van der Waals surface area contributed by atoms with Crippen LogP contribution in [0.2, 0.25) is 0 Å². The number of halogens is 1. The number of amides is 1. The number of nitrogens with zero attached hydrogens (tertiary/aromatic N) is 1. The van der Waals surface area contributed by atoms with Crippen LogP contribution in [0.1, 0.15) is 35.2 Å². The van der Waals surface area contributed by atoms with Crippen LogP contribution in [-0.2, 0) is 10.5 Å². The minimum absolute atomic E-state index is 0. The molecule has 6 heteroatoms. The Kier molecular flexibility index (Phi) is 9.85. The predicted molar refractivity (Wildman–Crippen MR) is 118 cm³/mol. The summed E-state index contributed by atoms with van der Waals surface area (Å²) in [7, 11) is 0. The smallest absolute Gasteiger partial charge is 0.253 e. The van der Waals surface area contributed by atoms with Crippen molar-refractivity contribution in [1.82, 2.24) is 4.90 Å². The lowest BCUT2D eigenvalue weighted by molar-refractivity contribution is 0.00845. The first-order valence-corrected chi connectivity index (χ1v) is 10.6. The quantitative estimate of drug-likeness (QED) is 0.508. The van der Waals surface area contributed by atoms with E-state index in [4.69, 9.17) is 10.5 Å². The number of piperidine rings is 1. The molecule has 0 atom stereocenters. The summed E-state index contributed by atoms with van der Waals surface area (Å²) >= 11 is 1.81. The van der Waals surface area contributed by atoms with Crippen LogP contribution in [0.3, 0.4) is 0 Å². The molecule has 0 radical (unpaired) electrons. The summed E-state index contributed by atoms with van der Waals surface area (Å²) in [6.45, 7) is 2.91. The average Bonchev–Trinajstić information content (AvgIpc) is 2.74. The van der Waals surface area contributed by atoms with Gasteiger partial charge in [0.25, 0.3) is 5.91 Å². The second-order valence-electron chi connectivity index (χ2n) is 6.80. The van der Waals surface area contributed by atoms with E-state index < -0.39 is 0 Å². The second kappa shape index (κ2) is 12.1. The van der Waals surface area contributed by atoms with Crippen molar-refractivity contribution < 1.29 is 9.53 Å². The van der Waals surface area contributed by atoms with Gasteiger partial charge in [-0.15, -0.1) is 24.2 Å². The molecule has 1 saturated heterocycles. The molecule has 0 aliphatic carbocycles. The van der Waals surface area contributed by atoms with E-state index in [0.717, 1.165) is 50.3 Å². The van der Waals surface area contributed by atoms with Crippen LogP contribution in [0.4, 0.5) is 0 Å². The Morgan fingerprint density at radius 3 is 2.39 bits per heavy atom. The van der Waals surface area contributed by atoms with Crippen molar-refractivity contribution in [3.05, 3.63) is 65.7 Å². The number of carbonyl (C=O) groups excluding carboxylic acids is 1. The molecule has 1 heterocycles. The fraction of sp³-hybridized carbons (Fsp3) is 0.409. The third-order valence-corrected chi connectivity index (χ3v) is 5.86. The molecule has 2 aromatic carbocycles. The first-order chi connectivity index (χ1) is 13.3. The number of hydrogen-bond acceptors (Lipinski definition) is 4. The zero-order valence-electron chi connectivity index (χ0n) is 16.1. The number of ether oxygens (including phenoxy) is 1. The van der Waals surface area contributed by atoms with E-state index >= 15 is 0 Å². The maximum absolute atomic E-state index is 12.7. The third-order valence-electron chi connectivity index (χ3n) is 4.78. The largest absolute Gasteiger partial charge is 0.378 e. The number of carbonyl (C=O) groups is 1. The van der Waals surface area contributed by atoms with Crippen molar-refractivity contribution in [1.29, 1.82) is 0 Å². The fourth-order valence-electron chi connectivity index (χ4n) is 3.17. The molecule has 152 valence electrons. The van der Waals surface area contributed by atoms with Gasteiger partial charge in [0.05, 0.1) is 6.10 Å². The summed E-state index contributed by atoms with van der Waals surface area (Å²) in [5.41, 5.74) is 7.49. The van der Waals surface area contributed by atoms with Crippen molar-refractivity contribution in [2.45, 2.75) is 36.0 Å². The van der Waals surface area contributed by atoms with Gasteiger partial charge in [-0.1, -0.05) is 30.3 Å². The molecule has 1 amide bonds. The molecule has 0 bridgehead atoms. The topological polar surface area (TPSA) is 55.6 Å². The molecular formula is C22H29ClN2O2S. The van der Waals surface area contributed by atoms with Gasteiger partial charge in [0.15, 0.2) is 0 Å². The standard InChI is InChI=1S/C22H28N2O2S.ClH/c23-13-4-16-26-20-11-14-24(15-12-20)22(25)19-9-7-18(8-10-19)17-27-21-5-2-1-3-6-21;/h1-3,5-10,20H,4,11-17,23H2;1H. The van der Waals surface area contributed by atoms with Gasteiger partial charge in [-0.3, -0.25) is 4.79 Å². The molecule has 28 heavy (non-hydrogen) atoms. The highest BCUT2D eigenvalue weighted by atomic mass is 35.5. The van der Waals surface area contributed by atoms with Gasteiger partial charge < -0.3 is 15.4 Å². The van der Waals surface area contributed by atoms with Gasteiger partial charge in [-0.05, 0) is 55.6 Å². The summed E-state index contributed by atoms with van der Waals surface area (Å²) in [5, 5.41) is 0. The molecule has 0 saturated carbocycles. The number of likely N-dealkylation sites (tertiary alicyclic amines) is 1. The highest BCUT2D eigenvalue weighted by Crippen LogP contribution is 2.23. The van der Waals surface area contributed by atoms with Gasteiger partial charge in [-0.2, -0.15) is 0 Å². The zero-order valence-corrected chi connectivity index (χ0v) is 17.7. The summed E-state index contributed by atoms with van der Waals surface area (Å²) in [6.07, 6.45) is 2.97. The second-order valence-corrected chi connectivity index (χ2v) is 7.85. The van der Waals surface area contributed by atoms with Crippen LogP contribution in [0.25, 0.3) is 0 Å². The molecule has 0 unspecified atom stereocenters. The number of benzene rings is 2. The Labute approximate surface area is 178 Å². The lowest BCUT2D eigenvalue weighted by Gasteiger charge is -2.32. The molecule has 3 rings (SSSR count). The van der Waals surface area contributed by atoms with Crippen molar-refractivity contribution in [2.24, 2.45) is 5.73 Å². The molecule has 0 aromatic heterocycles. The lowest BCUT2D eigenvalue weighted by Crippen LogP contribution is -2.41. The lowest BCUT2D eigenvalue weighted by atomic mass is 10.1. The molecule has 2 N–H and O–H groups in total. The van der Waals surface area contributed by atoms with Crippen molar-refractivity contribution >= 4 is 30.1 Å². The molecule has 1 aliphatic rings. The van der Waals surface area contributed by atoms with Gasteiger partial charge in [0.1, 0.15) is 0 Å². The molecule has 1 fully saturated rings. The van der Waals surface area contributed by atoms with Gasteiger partial charge in [0.2, 0.25) is 0 Å². The van der Waals surface area contributed by atoms with Gasteiger partial charge in [0, 0.05) is 35.9 Å². The van der Waals surface area contributed by atoms with Crippen LogP contribution in [-0.4, -0.2) is 43.2 Å². The zero-order chi connectivity index (χ0) is 18.9. The molecule has 1 aliphatic heterocycles. The van der Waals surface area contributed by atoms with Crippen molar-refractivity contribution in [3.63, 3.8) is 0 Å². The van der Waals surface area contributed by atoms with E-state index in [9.17, 15) is 4.79 Å². The fourth-order valence-corrected chi connectivity index (χ4v) is 4.04. The Balaban J connectivity index is 0.00000280. The van der Waals surface area contributed by atoms with Crippen LogP contribution < -0.4 is 5.73 Å². The number of rotatable bonds is 8. The highest BCUT2D eigenvalue weighted by molar-refractivity contribution is 7.98. The van der Waals surface area contributed by atoms with E-state index in [1.54, 1.807) is 11.8 Å². The first-order valence-electron chi connectivity index (χ1n) is 9.64. The minimum Gasteiger partial charge on any atom is -0.378 e. The third kappa shape index (κ3) is 6.82. The molecular weight excluding hydrogens is 392 g/mol. The van der Waals surface area contributed by atoms with E-state index in [-0.39, 0.29) is 24.4 Å². The Hall–Kier alpha value is -1.53. The Morgan fingerprint density at radius 1 is 1.07 bits per heavy atom. The summed E-state index contributed by atoms with van der Waals surface area (Å²) in [6, 6.07) is 18.4. The summed E-state index contributed by atoms with van der Waals surface area (Å²) in [5.74, 6) is 1.03. The molecule has 2 aromatic rings. The van der Waals surface area contributed by atoms with Crippen LogP contribution in [0.15, 0.2) is 59.5 Å². The number of nitrogens with two attached hydrogens (primary N) is 1. The summed E-state index contributed by atoms with van der Waals surface area (Å²) < 4.78 is 5.82. The van der Waals surface area contributed by atoms with Crippen LogP contribution >= 0.6 is 24.2 Å². The maximum Gasteiger partial charge on any atom is 0.253 e. The van der Waals surface area contributed by atoms with Gasteiger partial charge in [-0.25, -0.2) is 0 Å². The van der Waals surface area contributed by atoms with Gasteiger partial charge >= 0.3 is 0 Å². The van der Waals surface area contributed by atoms with E-state index in [1.165, 1.54) is 10.5 Å². The van der Waals surface area contributed by atoms with E-state index in [1.807, 2.05) is 23.1 Å². The summed E-state index contributed by atoms with van der Waals surface area (Å²) in [4.78, 5) is 15.9. The van der Waals surface area contributed by atoms with E-state index in [2.05, 4.69) is 36.4 Å². The first kappa shape index (κ1) is 22.8. The predicted octanol–water partition coefficient (Wildman–Crippen LogP) is 4.37. The minimum atomic E-state index is 0. The van der Waals surface area contributed by atoms with Crippen LogP contribution in [0, 0.1) is 0 Å². The molecule has 4 nitrogen and oxygen atoms in total. The monoisotopic (exact) mass is 420 g/mol. The SMILES string of the molecule is Cl.NCCCOC1CCN(C(=O)c2ccc(CSc3ccccc3)cc2)CC1. The molecule has 0 spiro atoms. The maximum atomic E-state index is 12.7. The highest BCUT2D eigenvalue weighted by Gasteiger charge is 2.23. The van der Waals surface area contributed by atoms with Crippen molar-refractivity contribution in [3.8, 4) is 0 Å².